The molecule has 0 radical (unpaired) electrons. The zero-order valence-corrected chi connectivity index (χ0v) is 11.8. The van der Waals surface area contributed by atoms with Crippen molar-refractivity contribution in [2.45, 2.75) is 19.4 Å². The molecule has 1 aliphatic carbocycles. The van der Waals surface area contributed by atoms with E-state index in [0.717, 1.165) is 37.2 Å². The third kappa shape index (κ3) is 2.69. The highest BCUT2D eigenvalue weighted by Crippen LogP contribution is 2.44. The monoisotopic (exact) mass is 279 g/mol. The number of benzene rings is 1. The van der Waals surface area contributed by atoms with Crippen molar-refractivity contribution in [3.8, 4) is 17.2 Å². The van der Waals surface area contributed by atoms with Gasteiger partial charge in [0.2, 0.25) is 5.75 Å². The molecule has 0 unspecified atom stereocenters. The Hall–Kier alpha value is -1.46. The van der Waals surface area contributed by atoms with E-state index in [9.17, 15) is 5.11 Å². The molecule has 1 fully saturated rings. The summed E-state index contributed by atoms with van der Waals surface area (Å²) in [5.41, 5.74) is 1.22. The topological polar surface area (TPSA) is 60.0 Å². The maximum Gasteiger partial charge on any atom is 0.203 e. The van der Waals surface area contributed by atoms with E-state index < -0.39 is 0 Å². The van der Waals surface area contributed by atoms with Crippen molar-refractivity contribution in [2.75, 3.05) is 33.5 Å². The molecule has 0 bridgehead atoms. The van der Waals surface area contributed by atoms with Crippen LogP contribution in [-0.4, -0.2) is 38.6 Å². The van der Waals surface area contributed by atoms with Gasteiger partial charge >= 0.3 is 0 Å². The molecule has 0 aromatic heterocycles. The molecule has 1 aromatic rings. The highest BCUT2D eigenvalue weighted by Gasteiger charge is 2.41. The van der Waals surface area contributed by atoms with Gasteiger partial charge in [0.05, 0.1) is 7.11 Å². The van der Waals surface area contributed by atoms with E-state index in [2.05, 4.69) is 5.32 Å². The van der Waals surface area contributed by atoms with Crippen LogP contribution in [0.1, 0.15) is 18.4 Å². The van der Waals surface area contributed by atoms with Gasteiger partial charge in [0.1, 0.15) is 13.2 Å². The Labute approximate surface area is 118 Å². The smallest absolute Gasteiger partial charge is 0.203 e. The SMILES string of the molecule is COc1cc(CNCC2(CO)CC2)cc2c1OCCO2. The molecule has 3 rings (SSSR count). The molecule has 1 saturated carbocycles. The van der Waals surface area contributed by atoms with E-state index in [1.165, 1.54) is 0 Å². The van der Waals surface area contributed by atoms with Crippen LogP contribution in [0.4, 0.5) is 0 Å². The van der Waals surface area contributed by atoms with E-state index in [4.69, 9.17) is 14.2 Å². The van der Waals surface area contributed by atoms with E-state index in [1.807, 2.05) is 12.1 Å². The van der Waals surface area contributed by atoms with Gasteiger partial charge in [0.25, 0.3) is 0 Å². The van der Waals surface area contributed by atoms with Crippen molar-refractivity contribution < 1.29 is 19.3 Å². The molecule has 1 aromatic carbocycles. The van der Waals surface area contributed by atoms with Crippen LogP contribution in [-0.2, 0) is 6.54 Å². The Morgan fingerprint density at radius 2 is 2.10 bits per heavy atom. The molecule has 0 saturated heterocycles. The first-order chi connectivity index (χ1) is 9.76. The number of aliphatic hydroxyl groups is 1. The summed E-state index contributed by atoms with van der Waals surface area (Å²) in [4.78, 5) is 0. The lowest BCUT2D eigenvalue weighted by molar-refractivity contribution is 0.165. The number of ether oxygens (including phenoxy) is 3. The summed E-state index contributed by atoms with van der Waals surface area (Å²) in [7, 11) is 1.63. The lowest BCUT2D eigenvalue weighted by Crippen LogP contribution is -2.26. The number of fused-ring (bicyclic) bond motifs is 1. The van der Waals surface area contributed by atoms with Crippen molar-refractivity contribution in [3.05, 3.63) is 17.7 Å². The summed E-state index contributed by atoms with van der Waals surface area (Å²) in [6.45, 7) is 2.97. The standard InChI is InChI=1S/C15H21NO4/c1-18-12-6-11(7-13-14(12)20-5-4-19-13)8-16-9-15(10-17)2-3-15/h6-7,16-17H,2-5,8-10H2,1H3. The fraction of sp³-hybridized carbons (Fsp3) is 0.600. The molecule has 2 N–H and O–H groups in total. The average molecular weight is 279 g/mol. The molecule has 1 heterocycles. The van der Waals surface area contributed by atoms with Crippen LogP contribution in [0.25, 0.3) is 0 Å². The first kappa shape index (κ1) is 13.5. The Balaban J connectivity index is 1.67. The predicted molar refractivity (Wildman–Crippen MR) is 74.4 cm³/mol. The van der Waals surface area contributed by atoms with Crippen molar-refractivity contribution in [2.24, 2.45) is 5.41 Å². The van der Waals surface area contributed by atoms with Crippen LogP contribution in [0.3, 0.4) is 0 Å². The maximum atomic E-state index is 9.30. The van der Waals surface area contributed by atoms with E-state index in [0.29, 0.717) is 24.7 Å². The minimum absolute atomic E-state index is 0.123. The Morgan fingerprint density at radius 1 is 1.30 bits per heavy atom. The fourth-order valence-electron chi connectivity index (χ4n) is 2.47. The van der Waals surface area contributed by atoms with E-state index in [1.54, 1.807) is 7.11 Å². The van der Waals surface area contributed by atoms with Gasteiger partial charge in [-0.3, -0.25) is 0 Å². The molecule has 0 amide bonds. The number of rotatable bonds is 6. The Morgan fingerprint density at radius 3 is 2.80 bits per heavy atom. The summed E-state index contributed by atoms with van der Waals surface area (Å²) < 4.78 is 16.6. The molecule has 1 aliphatic heterocycles. The van der Waals surface area contributed by atoms with Gasteiger partial charge in [-0.1, -0.05) is 0 Å². The first-order valence-electron chi connectivity index (χ1n) is 7.04. The van der Waals surface area contributed by atoms with Crippen LogP contribution < -0.4 is 19.5 Å². The predicted octanol–water partition coefficient (Wildman–Crippen LogP) is 1.33. The quantitative estimate of drug-likeness (QED) is 0.822. The second-order valence-electron chi connectivity index (χ2n) is 5.58. The van der Waals surface area contributed by atoms with Gasteiger partial charge in [0, 0.05) is 25.1 Å². The third-order valence-corrected chi connectivity index (χ3v) is 4.01. The van der Waals surface area contributed by atoms with Crippen LogP contribution in [0, 0.1) is 5.41 Å². The summed E-state index contributed by atoms with van der Waals surface area (Å²) >= 11 is 0. The number of nitrogens with one attached hydrogen (secondary N) is 1. The minimum atomic E-state index is 0.123. The Kier molecular flexibility index (Phi) is 3.72. The molecular weight excluding hydrogens is 258 g/mol. The van der Waals surface area contributed by atoms with Gasteiger partial charge in [0.15, 0.2) is 11.5 Å². The van der Waals surface area contributed by atoms with Crippen molar-refractivity contribution in [3.63, 3.8) is 0 Å². The summed E-state index contributed by atoms with van der Waals surface area (Å²) in [5.74, 6) is 2.15. The molecule has 2 aliphatic rings. The molecule has 0 atom stereocenters. The molecule has 5 heteroatoms. The third-order valence-electron chi connectivity index (χ3n) is 4.01. The van der Waals surface area contributed by atoms with Crippen LogP contribution >= 0.6 is 0 Å². The largest absolute Gasteiger partial charge is 0.493 e. The maximum absolute atomic E-state index is 9.30. The fourth-order valence-corrected chi connectivity index (χ4v) is 2.47. The van der Waals surface area contributed by atoms with Crippen molar-refractivity contribution in [1.29, 1.82) is 0 Å². The van der Waals surface area contributed by atoms with Gasteiger partial charge < -0.3 is 24.6 Å². The lowest BCUT2D eigenvalue weighted by atomic mass is 10.1. The van der Waals surface area contributed by atoms with Crippen LogP contribution in [0.5, 0.6) is 17.2 Å². The summed E-state index contributed by atoms with van der Waals surface area (Å²) in [6.07, 6.45) is 2.22. The van der Waals surface area contributed by atoms with Gasteiger partial charge in [-0.05, 0) is 30.5 Å². The highest BCUT2D eigenvalue weighted by molar-refractivity contribution is 5.54. The summed E-state index contributed by atoms with van der Waals surface area (Å²) in [5, 5.41) is 12.7. The minimum Gasteiger partial charge on any atom is -0.493 e. The molecular formula is C15H21NO4. The highest BCUT2D eigenvalue weighted by atomic mass is 16.6. The molecule has 20 heavy (non-hydrogen) atoms. The van der Waals surface area contributed by atoms with E-state index >= 15 is 0 Å². The van der Waals surface area contributed by atoms with Crippen molar-refractivity contribution in [1.82, 2.24) is 5.32 Å². The zero-order valence-electron chi connectivity index (χ0n) is 11.8. The Bertz CT molecular complexity index is 468. The van der Waals surface area contributed by atoms with Crippen LogP contribution in [0.15, 0.2) is 12.1 Å². The number of methoxy groups -OCH3 is 1. The van der Waals surface area contributed by atoms with Gasteiger partial charge in [-0.25, -0.2) is 0 Å². The average Bonchev–Trinajstić information content (AvgIpc) is 3.27. The van der Waals surface area contributed by atoms with Gasteiger partial charge in [-0.15, -0.1) is 0 Å². The lowest BCUT2D eigenvalue weighted by Gasteiger charge is -2.21. The number of aliphatic hydroxyl groups excluding tert-OH is 1. The molecule has 0 spiro atoms. The van der Waals surface area contributed by atoms with Gasteiger partial charge in [-0.2, -0.15) is 0 Å². The first-order valence-corrected chi connectivity index (χ1v) is 7.04. The normalized spacial score (nSPS) is 18.7. The van der Waals surface area contributed by atoms with E-state index in [-0.39, 0.29) is 12.0 Å². The second kappa shape index (κ2) is 5.50. The number of hydrogen-bond donors (Lipinski definition) is 2. The number of hydrogen-bond acceptors (Lipinski definition) is 5. The molecule has 110 valence electrons. The van der Waals surface area contributed by atoms with Crippen molar-refractivity contribution >= 4 is 0 Å². The second-order valence-corrected chi connectivity index (χ2v) is 5.58. The van der Waals surface area contributed by atoms with Crippen LogP contribution in [0.2, 0.25) is 0 Å². The molecule has 5 nitrogen and oxygen atoms in total. The zero-order chi connectivity index (χ0) is 14.0. The summed E-state index contributed by atoms with van der Waals surface area (Å²) in [6, 6.07) is 3.96.